The zero-order chi connectivity index (χ0) is 11.1. The van der Waals surface area contributed by atoms with Crippen LogP contribution < -0.4 is 10.5 Å². The third-order valence-corrected chi connectivity index (χ3v) is 1.80. The SMILES string of the molecule is C=CCOCCOc1ncc(N)cc1Cl. The van der Waals surface area contributed by atoms with E-state index in [2.05, 4.69) is 11.6 Å². The van der Waals surface area contributed by atoms with Crippen molar-refractivity contribution in [3.8, 4) is 5.88 Å². The molecule has 0 amide bonds. The van der Waals surface area contributed by atoms with Crippen LogP contribution in [-0.2, 0) is 4.74 Å². The molecule has 0 atom stereocenters. The van der Waals surface area contributed by atoms with Gasteiger partial charge in [0.15, 0.2) is 0 Å². The van der Waals surface area contributed by atoms with Gasteiger partial charge >= 0.3 is 0 Å². The largest absolute Gasteiger partial charge is 0.474 e. The summed E-state index contributed by atoms with van der Waals surface area (Å²) >= 11 is 5.85. The van der Waals surface area contributed by atoms with Crippen LogP contribution in [0.4, 0.5) is 5.69 Å². The number of halogens is 1. The van der Waals surface area contributed by atoms with Crippen LogP contribution in [0.25, 0.3) is 0 Å². The Kier molecular flexibility index (Phi) is 4.93. The lowest BCUT2D eigenvalue weighted by Gasteiger charge is -2.06. The molecule has 0 radical (unpaired) electrons. The van der Waals surface area contributed by atoms with Crippen LogP contribution in [0.3, 0.4) is 0 Å². The number of pyridine rings is 1. The highest BCUT2D eigenvalue weighted by Crippen LogP contribution is 2.22. The summed E-state index contributed by atoms with van der Waals surface area (Å²) in [6.07, 6.45) is 3.17. The summed E-state index contributed by atoms with van der Waals surface area (Å²) in [4.78, 5) is 3.94. The number of aromatic nitrogens is 1. The standard InChI is InChI=1S/C10H13ClN2O2/c1-2-3-14-4-5-15-10-9(11)6-8(12)7-13-10/h2,6-7H,1,3-5,12H2. The molecule has 2 N–H and O–H groups in total. The van der Waals surface area contributed by atoms with Crippen molar-refractivity contribution in [1.82, 2.24) is 4.98 Å². The summed E-state index contributed by atoms with van der Waals surface area (Å²) < 4.78 is 10.4. The molecule has 82 valence electrons. The molecule has 0 aromatic carbocycles. The molecule has 0 aliphatic rings. The van der Waals surface area contributed by atoms with Crippen LogP contribution in [-0.4, -0.2) is 24.8 Å². The molecule has 1 aromatic heterocycles. The number of nitrogens with two attached hydrogens (primary N) is 1. The molecule has 0 saturated heterocycles. The van der Waals surface area contributed by atoms with Gasteiger partial charge in [-0.3, -0.25) is 0 Å². The maximum atomic E-state index is 5.85. The van der Waals surface area contributed by atoms with Crippen molar-refractivity contribution < 1.29 is 9.47 Å². The third-order valence-electron chi connectivity index (χ3n) is 1.53. The zero-order valence-corrected chi connectivity index (χ0v) is 9.04. The van der Waals surface area contributed by atoms with Crippen molar-refractivity contribution >= 4 is 17.3 Å². The molecule has 0 bridgehead atoms. The van der Waals surface area contributed by atoms with Crippen LogP contribution in [0.1, 0.15) is 0 Å². The quantitative estimate of drug-likeness (QED) is 0.597. The first-order chi connectivity index (χ1) is 7.24. The molecule has 5 heteroatoms. The van der Waals surface area contributed by atoms with Crippen LogP contribution in [0.15, 0.2) is 24.9 Å². The molecule has 0 aliphatic carbocycles. The van der Waals surface area contributed by atoms with E-state index >= 15 is 0 Å². The van der Waals surface area contributed by atoms with Crippen molar-refractivity contribution in [2.24, 2.45) is 0 Å². The molecular weight excluding hydrogens is 216 g/mol. The Hall–Kier alpha value is -1.26. The number of nitrogens with zero attached hydrogens (tertiary/aromatic N) is 1. The van der Waals surface area contributed by atoms with E-state index in [1.807, 2.05) is 0 Å². The minimum Gasteiger partial charge on any atom is -0.474 e. The maximum absolute atomic E-state index is 5.85. The van der Waals surface area contributed by atoms with E-state index in [-0.39, 0.29) is 0 Å². The minimum atomic E-state index is 0.369. The van der Waals surface area contributed by atoms with Crippen LogP contribution in [0, 0.1) is 0 Å². The highest BCUT2D eigenvalue weighted by atomic mass is 35.5. The average molecular weight is 229 g/mol. The third kappa shape index (κ3) is 4.18. The van der Waals surface area contributed by atoms with Gasteiger partial charge in [0.25, 0.3) is 0 Å². The fraction of sp³-hybridized carbons (Fsp3) is 0.300. The van der Waals surface area contributed by atoms with Crippen LogP contribution in [0.5, 0.6) is 5.88 Å². The highest BCUT2D eigenvalue weighted by Gasteiger charge is 2.02. The first kappa shape index (κ1) is 11.8. The van der Waals surface area contributed by atoms with Gasteiger partial charge in [-0.2, -0.15) is 0 Å². The lowest BCUT2D eigenvalue weighted by Crippen LogP contribution is -2.07. The summed E-state index contributed by atoms with van der Waals surface area (Å²) in [6, 6.07) is 1.59. The Bertz CT molecular complexity index is 331. The summed E-state index contributed by atoms with van der Waals surface area (Å²) in [5, 5.41) is 0.402. The van der Waals surface area contributed by atoms with Crippen LogP contribution in [0.2, 0.25) is 5.02 Å². The second-order valence-corrected chi connectivity index (χ2v) is 3.17. The van der Waals surface area contributed by atoms with Crippen molar-refractivity contribution in [3.63, 3.8) is 0 Å². The maximum Gasteiger partial charge on any atom is 0.232 e. The molecule has 0 aliphatic heterocycles. The molecule has 1 aromatic rings. The second kappa shape index (κ2) is 6.27. The van der Waals surface area contributed by atoms with Gasteiger partial charge in [0.2, 0.25) is 5.88 Å². The first-order valence-electron chi connectivity index (χ1n) is 4.46. The van der Waals surface area contributed by atoms with Gasteiger partial charge in [-0.15, -0.1) is 6.58 Å². The molecule has 4 nitrogen and oxygen atoms in total. The second-order valence-electron chi connectivity index (χ2n) is 2.77. The Balaban J connectivity index is 2.34. The Morgan fingerprint density at radius 2 is 2.33 bits per heavy atom. The van der Waals surface area contributed by atoms with E-state index in [1.165, 1.54) is 6.20 Å². The molecule has 0 saturated carbocycles. The monoisotopic (exact) mass is 228 g/mol. The normalized spacial score (nSPS) is 9.93. The van der Waals surface area contributed by atoms with Gasteiger partial charge in [-0.1, -0.05) is 17.7 Å². The predicted octanol–water partition coefficient (Wildman–Crippen LogP) is 1.90. The highest BCUT2D eigenvalue weighted by molar-refractivity contribution is 6.32. The van der Waals surface area contributed by atoms with Gasteiger partial charge in [-0.05, 0) is 6.07 Å². The zero-order valence-electron chi connectivity index (χ0n) is 8.28. The summed E-state index contributed by atoms with van der Waals surface area (Å²) in [6.45, 7) is 4.89. The number of anilines is 1. The topological polar surface area (TPSA) is 57.4 Å². The molecule has 1 heterocycles. The summed E-state index contributed by atoms with van der Waals surface area (Å²) in [5.41, 5.74) is 5.99. The van der Waals surface area contributed by atoms with Gasteiger partial charge in [0.1, 0.15) is 11.6 Å². The van der Waals surface area contributed by atoms with Gasteiger partial charge in [0, 0.05) is 0 Å². The van der Waals surface area contributed by atoms with E-state index < -0.39 is 0 Å². The molecule has 0 spiro atoms. The lowest BCUT2D eigenvalue weighted by molar-refractivity contribution is 0.119. The molecular formula is C10H13ClN2O2. The Labute approximate surface area is 93.7 Å². The fourth-order valence-corrected chi connectivity index (χ4v) is 1.14. The van der Waals surface area contributed by atoms with Gasteiger partial charge in [0.05, 0.1) is 25.1 Å². The average Bonchev–Trinajstić information content (AvgIpc) is 2.20. The van der Waals surface area contributed by atoms with E-state index in [1.54, 1.807) is 12.1 Å². The first-order valence-corrected chi connectivity index (χ1v) is 4.84. The number of nitrogen functional groups attached to an aromatic ring is 1. The van der Waals surface area contributed by atoms with Crippen molar-refractivity contribution in [1.29, 1.82) is 0 Å². The van der Waals surface area contributed by atoms with Gasteiger partial charge in [-0.25, -0.2) is 4.98 Å². The van der Waals surface area contributed by atoms with Crippen LogP contribution >= 0.6 is 11.6 Å². The van der Waals surface area contributed by atoms with Gasteiger partial charge < -0.3 is 15.2 Å². The minimum absolute atomic E-state index is 0.369. The number of ether oxygens (including phenoxy) is 2. The Morgan fingerprint density at radius 3 is 3.00 bits per heavy atom. The molecule has 0 unspecified atom stereocenters. The summed E-state index contributed by atoms with van der Waals surface area (Å²) in [5.74, 6) is 0.369. The van der Waals surface area contributed by atoms with E-state index in [0.717, 1.165) is 0 Å². The fourth-order valence-electron chi connectivity index (χ4n) is 0.910. The smallest absolute Gasteiger partial charge is 0.232 e. The number of hydrogen-bond donors (Lipinski definition) is 1. The molecule has 15 heavy (non-hydrogen) atoms. The van der Waals surface area contributed by atoms with Crippen molar-refractivity contribution in [2.45, 2.75) is 0 Å². The van der Waals surface area contributed by atoms with Crippen molar-refractivity contribution in [2.75, 3.05) is 25.6 Å². The predicted molar refractivity (Wildman–Crippen MR) is 60.2 cm³/mol. The molecule has 1 rings (SSSR count). The number of hydrogen-bond acceptors (Lipinski definition) is 4. The van der Waals surface area contributed by atoms with Crippen molar-refractivity contribution in [3.05, 3.63) is 29.9 Å². The van der Waals surface area contributed by atoms with E-state index in [9.17, 15) is 0 Å². The van der Waals surface area contributed by atoms with E-state index in [4.69, 9.17) is 26.8 Å². The number of rotatable bonds is 6. The Morgan fingerprint density at radius 1 is 1.53 bits per heavy atom. The van der Waals surface area contributed by atoms with E-state index in [0.29, 0.717) is 36.4 Å². The summed E-state index contributed by atoms with van der Waals surface area (Å²) in [7, 11) is 0. The molecule has 0 fully saturated rings. The lowest BCUT2D eigenvalue weighted by atomic mass is 10.4.